The Hall–Kier alpha value is -1.26. The van der Waals surface area contributed by atoms with E-state index in [0.717, 1.165) is 0 Å². The second-order valence-electron chi connectivity index (χ2n) is 1.99. The SMILES string of the molecule is COC(=O)C(N)C(C)N=[N+]=[N-]. The highest BCUT2D eigenvalue weighted by Crippen LogP contribution is 1.97. The molecule has 0 saturated carbocycles. The van der Waals surface area contributed by atoms with Crippen LogP contribution in [0.5, 0.6) is 0 Å². The van der Waals surface area contributed by atoms with E-state index in [-0.39, 0.29) is 0 Å². The Morgan fingerprint density at radius 2 is 2.36 bits per heavy atom. The Morgan fingerprint density at radius 3 is 2.73 bits per heavy atom. The molecule has 0 aromatic carbocycles. The second kappa shape index (κ2) is 4.54. The topological polar surface area (TPSA) is 101 Å². The maximum atomic E-state index is 10.7. The van der Waals surface area contributed by atoms with E-state index in [1.807, 2.05) is 0 Å². The molecule has 0 rings (SSSR count). The van der Waals surface area contributed by atoms with Gasteiger partial charge in [0, 0.05) is 4.91 Å². The molecule has 6 heteroatoms. The van der Waals surface area contributed by atoms with Gasteiger partial charge in [-0.3, -0.25) is 4.79 Å². The lowest BCUT2D eigenvalue weighted by Crippen LogP contribution is -2.39. The third kappa shape index (κ3) is 2.88. The van der Waals surface area contributed by atoms with Crippen LogP contribution in [-0.4, -0.2) is 25.2 Å². The van der Waals surface area contributed by atoms with Crippen LogP contribution in [0.15, 0.2) is 5.11 Å². The minimum atomic E-state index is -0.879. The molecule has 2 atom stereocenters. The fraction of sp³-hybridized carbons (Fsp3) is 0.800. The normalized spacial score (nSPS) is 14.5. The number of rotatable bonds is 3. The number of esters is 1. The third-order valence-corrected chi connectivity index (χ3v) is 1.23. The maximum Gasteiger partial charge on any atom is 0.323 e. The fourth-order valence-electron chi connectivity index (χ4n) is 0.486. The van der Waals surface area contributed by atoms with Gasteiger partial charge in [-0.25, -0.2) is 0 Å². The molecule has 0 aromatic heterocycles. The van der Waals surface area contributed by atoms with Crippen LogP contribution >= 0.6 is 0 Å². The lowest BCUT2D eigenvalue weighted by Gasteiger charge is -2.11. The molecule has 0 aliphatic rings. The van der Waals surface area contributed by atoms with Crippen LogP contribution in [0.25, 0.3) is 10.4 Å². The number of nitrogens with two attached hydrogens (primary N) is 1. The van der Waals surface area contributed by atoms with Crippen molar-refractivity contribution in [1.29, 1.82) is 0 Å². The smallest absolute Gasteiger partial charge is 0.323 e. The minimum absolute atomic E-state index is 0.576. The van der Waals surface area contributed by atoms with Crippen molar-refractivity contribution in [2.45, 2.75) is 19.0 Å². The van der Waals surface area contributed by atoms with Gasteiger partial charge in [-0.15, -0.1) is 0 Å². The Balaban J connectivity index is 4.11. The van der Waals surface area contributed by atoms with Crippen molar-refractivity contribution < 1.29 is 9.53 Å². The van der Waals surface area contributed by atoms with Gasteiger partial charge in [0.15, 0.2) is 0 Å². The van der Waals surface area contributed by atoms with Crippen molar-refractivity contribution in [2.24, 2.45) is 10.8 Å². The van der Waals surface area contributed by atoms with Crippen molar-refractivity contribution >= 4 is 5.97 Å². The van der Waals surface area contributed by atoms with Crippen LogP contribution in [0.1, 0.15) is 6.92 Å². The molecular formula is C5H10N4O2. The number of hydrogen-bond donors (Lipinski definition) is 1. The van der Waals surface area contributed by atoms with Crippen LogP contribution in [0.3, 0.4) is 0 Å². The molecule has 0 fully saturated rings. The van der Waals surface area contributed by atoms with Crippen molar-refractivity contribution in [3.05, 3.63) is 10.4 Å². The lowest BCUT2D eigenvalue weighted by atomic mass is 10.2. The monoisotopic (exact) mass is 158 g/mol. The van der Waals surface area contributed by atoms with Gasteiger partial charge < -0.3 is 10.5 Å². The number of methoxy groups -OCH3 is 1. The maximum absolute atomic E-state index is 10.7. The van der Waals surface area contributed by atoms with Gasteiger partial charge in [0.25, 0.3) is 0 Å². The van der Waals surface area contributed by atoms with Gasteiger partial charge in [-0.05, 0) is 5.53 Å². The van der Waals surface area contributed by atoms with E-state index < -0.39 is 18.1 Å². The molecule has 62 valence electrons. The molecule has 0 saturated heterocycles. The van der Waals surface area contributed by atoms with E-state index in [1.54, 1.807) is 6.92 Å². The molecule has 2 N–H and O–H groups in total. The predicted octanol–water partition coefficient (Wildman–Crippen LogP) is 0.185. The van der Waals surface area contributed by atoms with Crippen molar-refractivity contribution in [1.82, 2.24) is 0 Å². The zero-order chi connectivity index (χ0) is 8.85. The lowest BCUT2D eigenvalue weighted by molar-refractivity contribution is -0.142. The molecule has 0 amide bonds. The van der Waals surface area contributed by atoms with Crippen LogP contribution < -0.4 is 5.73 Å². The average Bonchev–Trinajstić information content (AvgIpc) is 2.02. The van der Waals surface area contributed by atoms with Gasteiger partial charge in [0.1, 0.15) is 6.04 Å². The molecule has 0 aliphatic heterocycles. The van der Waals surface area contributed by atoms with Gasteiger partial charge in [-0.2, -0.15) is 0 Å². The number of nitrogens with zero attached hydrogens (tertiary/aromatic N) is 3. The van der Waals surface area contributed by atoms with Gasteiger partial charge in [-0.1, -0.05) is 12.0 Å². The van der Waals surface area contributed by atoms with E-state index in [0.29, 0.717) is 0 Å². The highest BCUT2D eigenvalue weighted by molar-refractivity contribution is 5.76. The summed E-state index contributed by atoms with van der Waals surface area (Å²) in [5, 5.41) is 3.25. The molecule has 11 heavy (non-hydrogen) atoms. The number of carbonyl (C=O) groups excluding carboxylic acids is 1. The Kier molecular flexibility index (Phi) is 4.02. The van der Waals surface area contributed by atoms with Crippen molar-refractivity contribution in [2.75, 3.05) is 7.11 Å². The molecule has 0 aliphatic carbocycles. The first kappa shape index (κ1) is 9.74. The van der Waals surface area contributed by atoms with Crippen molar-refractivity contribution in [3.8, 4) is 0 Å². The highest BCUT2D eigenvalue weighted by Gasteiger charge is 2.19. The average molecular weight is 158 g/mol. The van der Waals surface area contributed by atoms with Crippen LogP contribution in [0.2, 0.25) is 0 Å². The fourth-order valence-corrected chi connectivity index (χ4v) is 0.486. The summed E-state index contributed by atoms with van der Waals surface area (Å²) in [5.74, 6) is -0.579. The Morgan fingerprint density at radius 1 is 1.82 bits per heavy atom. The van der Waals surface area contributed by atoms with Gasteiger partial charge in [0.2, 0.25) is 0 Å². The minimum Gasteiger partial charge on any atom is -0.468 e. The van der Waals surface area contributed by atoms with E-state index in [4.69, 9.17) is 11.3 Å². The van der Waals surface area contributed by atoms with E-state index in [1.165, 1.54) is 7.11 Å². The highest BCUT2D eigenvalue weighted by atomic mass is 16.5. The zero-order valence-electron chi connectivity index (χ0n) is 6.39. The molecule has 0 bridgehead atoms. The molecule has 0 radical (unpaired) electrons. The van der Waals surface area contributed by atoms with E-state index in [2.05, 4.69) is 14.8 Å². The molecular weight excluding hydrogens is 148 g/mol. The Labute approximate surface area is 63.9 Å². The van der Waals surface area contributed by atoms with E-state index in [9.17, 15) is 4.79 Å². The van der Waals surface area contributed by atoms with Crippen LogP contribution in [0, 0.1) is 0 Å². The molecule has 2 unspecified atom stereocenters. The van der Waals surface area contributed by atoms with E-state index >= 15 is 0 Å². The predicted molar refractivity (Wildman–Crippen MR) is 38.6 cm³/mol. The first-order chi connectivity index (χ1) is 5.13. The quantitative estimate of drug-likeness (QED) is 0.274. The number of carbonyl (C=O) groups is 1. The summed E-state index contributed by atoms with van der Waals surface area (Å²) >= 11 is 0. The summed E-state index contributed by atoms with van der Waals surface area (Å²) in [4.78, 5) is 13.2. The number of azide groups is 1. The Bertz CT molecular complexity index is 187. The zero-order valence-corrected chi connectivity index (χ0v) is 6.39. The summed E-state index contributed by atoms with van der Waals surface area (Å²) in [7, 11) is 1.23. The second-order valence-corrected chi connectivity index (χ2v) is 1.99. The molecule has 0 aromatic rings. The van der Waals surface area contributed by atoms with Crippen LogP contribution in [-0.2, 0) is 9.53 Å². The summed E-state index contributed by atoms with van der Waals surface area (Å²) < 4.78 is 4.33. The standard InChI is InChI=1S/C5H10N4O2/c1-3(8-9-7)4(6)5(10)11-2/h3-4H,6H2,1-2H3. The first-order valence-corrected chi connectivity index (χ1v) is 3.01. The van der Waals surface area contributed by atoms with Gasteiger partial charge in [0.05, 0.1) is 13.2 Å². The van der Waals surface area contributed by atoms with Gasteiger partial charge >= 0.3 is 5.97 Å². The molecule has 0 heterocycles. The van der Waals surface area contributed by atoms with Crippen LogP contribution in [0.4, 0.5) is 0 Å². The number of hydrogen-bond acceptors (Lipinski definition) is 4. The summed E-state index contributed by atoms with van der Waals surface area (Å²) in [6.45, 7) is 1.54. The number of ether oxygens (including phenoxy) is 1. The molecule has 6 nitrogen and oxygen atoms in total. The largest absolute Gasteiger partial charge is 0.468 e. The summed E-state index contributed by atoms with van der Waals surface area (Å²) in [6, 6.07) is -1.46. The summed E-state index contributed by atoms with van der Waals surface area (Å²) in [5.41, 5.74) is 13.3. The molecule has 0 spiro atoms. The van der Waals surface area contributed by atoms with Crippen molar-refractivity contribution in [3.63, 3.8) is 0 Å². The summed E-state index contributed by atoms with van der Waals surface area (Å²) in [6.07, 6.45) is 0. The first-order valence-electron chi connectivity index (χ1n) is 3.01. The third-order valence-electron chi connectivity index (χ3n) is 1.23.